The molecular formula is C24H19N3O6S. The number of carbonyl (C=O) groups is 3. The van der Waals surface area contributed by atoms with Gasteiger partial charge in [-0.3, -0.25) is 19.7 Å². The van der Waals surface area contributed by atoms with Gasteiger partial charge in [0.05, 0.1) is 4.92 Å². The first kappa shape index (κ1) is 24.2. The van der Waals surface area contributed by atoms with Crippen molar-refractivity contribution < 1.29 is 24.4 Å². The lowest BCUT2D eigenvalue weighted by Crippen LogP contribution is -2.19. The zero-order valence-corrected chi connectivity index (χ0v) is 18.4. The van der Waals surface area contributed by atoms with Gasteiger partial charge in [-0.2, -0.15) is 0 Å². The van der Waals surface area contributed by atoms with E-state index in [4.69, 9.17) is 5.11 Å². The van der Waals surface area contributed by atoms with E-state index in [1.54, 1.807) is 24.3 Å². The molecular weight excluding hydrogens is 458 g/mol. The first-order chi connectivity index (χ1) is 16.3. The Kier molecular flexibility index (Phi) is 8.14. The van der Waals surface area contributed by atoms with Gasteiger partial charge in [0, 0.05) is 40.6 Å². The third kappa shape index (κ3) is 7.04. The summed E-state index contributed by atoms with van der Waals surface area (Å²) in [4.78, 5) is 46.4. The Bertz CT molecular complexity index is 1210. The van der Waals surface area contributed by atoms with Crippen molar-refractivity contribution in [2.24, 2.45) is 0 Å². The second-order valence-corrected chi connectivity index (χ2v) is 8.07. The number of benzene rings is 3. The lowest BCUT2D eigenvalue weighted by Gasteiger charge is -2.17. The average Bonchev–Trinajstić information content (AvgIpc) is 2.83. The number of nitro groups is 1. The van der Waals surface area contributed by atoms with Crippen LogP contribution in [0.25, 0.3) is 0 Å². The molecule has 0 aliphatic carbocycles. The van der Waals surface area contributed by atoms with Gasteiger partial charge in [0.25, 0.3) is 5.69 Å². The number of non-ortho nitro benzene ring substituents is 1. The van der Waals surface area contributed by atoms with Crippen molar-refractivity contribution in [3.05, 3.63) is 107 Å². The minimum atomic E-state index is -1.22. The van der Waals surface area contributed by atoms with Gasteiger partial charge in [0.15, 0.2) is 0 Å². The molecule has 0 saturated carbocycles. The zero-order valence-electron chi connectivity index (χ0n) is 17.6. The number of carboxylic acid groups (broad SMARTS) is 1. The standard InChI is InChI=1S/C24H19N3O6S/c28-21(14-15-22(29)30)25-17-8-12-20(13-9-17)34-23(16-4-2-1-3-5-16)24(31)26-18-6-10-19(11-7-18)27(32)33/h1-15,23H,(H,25,28)(H,26,31)(H,29,30)/b15-14+. The van der Waals surface area contributed by atoms with Crippen LogP contribution in [0.15, 0.2) is 95.9 Å². The number of carboxylic acids is 1. The topological polar surface area (TPSA) is 139 Å². The van der Waals surface area contributed by atoms with Crippen molar-refractivity contribution in [3.8, 4) is 0 Å². The summed E-state index contributed by atoms with van der Waals surface area (Å²) < 4.78 is 0. The van der Waals surface area contributed by atoms with Gasteiger partial charge in [-0.1, -0.05) is 30.3 Å². The number of amides is 2. The van der Waals surface area contributed by atoms with Crippen molar-refractivity contribution in [2.45, 2.75) is 10.1 Å². The highest BCUT2D eigenvalue weighted by atomic mass is 32.2. The molecule has 3 aromatic carbocycles. The number of nitrogens with zero attached hydrogens (tertiary/aromatic N) is 1. The molecule has 0 aliphatic heterocycles. The molecule has 3 aromatic rings. The molecule has 0 aromatic heterocycles. The molecule has 1 atom stereocenters. The fraction of sp³-hybridized carbons (Fsp3) is 0.0417. The normalized spacial score (nSPS) is 11.5. The van der Waals surface area contributed by atoms with Gasteiger partial charge >= 0.3 is 5.97 Å². The van der Waals surface area contributed by atoms with Crippen LogP contribution in [0.5, 0.6) is 0 Å². The Morgan fingerprint density at radius 3 is 2.03 bits per heavy atom. The Labute approximate surface area is 198 Å². The maximum Gasteiger partial charge on any atom is 0.328 e. The summed E-state index contributed by atoms with van der Waals surface area (Å²) in [6.45, 7) is 0. The molecule has 0 radical (unpaired) electrons. The van der Waals surface area contributed by atoms with Gasteiger partial charge < -0.3 is 15.7 Å². The first-order valence-corrected chi connectivity index (χ1v) is 10.8. The third-order valence-corrected chi connectivity index (χ3v) is 5.71. The Morgan fingerprint density at radius 2 is 1.44 bits per heavy atom. The second kappa shape index (κ2) is 11.4. The van der Waals surface area contributed by atoms with Gasteiger partial charge in [0.1, 0.15) is 5.25 Å². The van der Waals surface area contributed by atoms with E-state index < -0.39 is 22.0 Å². The summed E-state index contributed by atoms with van der Waals surface area (Å²) in [5.74, 6) is -2.10. The van der Waals surface area contributed by atoms with Crippen molar-refractivity contribution in [1.29, 1.82) is 0 Å². The predicted octanol–water partition coefficient (Wildman–Crippen LogP) is 4.65. The number of hydrogen-bond acceptors (Lipinski definition) is 6. The first-order valence-electron chi connectivity index (χ1n) is 9.91. The number of anilines is 2. The van der Waals surface area contributed by atoms with Gasteiger partial charge in [-0.15, -0.1) is 11.8 Å². The van der Waals surface area contributed by atoms with Crippen LogP contribution in [-0.4, -0.2) is 27.8 Å². The van der Waals surface area contributed by atoms with Crippen LogP contribution < -0.4 is 10.6 Å². The average molecular weight is 477 g/mol. The molecule has 0 spiro atoms. The highest BCUT2D eigenvalue weighted by Crippen LogP contribution is 2.36. The van der Waals surface area contributed by atoms with Crippen molar-refractivity contribution >= 4 is 46.6 Å². The van der Waals surface area contributed by atoms with Crippen molar-refractivity contribution in [2.75, 3.05) is 10.6 Å². The maximum atomic E-state index is 13.1. The van der Waals surface area contributed by atoms with E-state index in [1.807, 2.05) is 30.3 Å². The second-order valence-electron chi connectivity index (χ2n) is 6.89. The molecule has 0 saturated heterocycles. The molecule has 0 heterocycles. The van der Waals surface area contributed by atoms with E-state index in [2.05, 4.69) is 10.6 Å². The van der Waals surface area contributed by atoms with Crippen molar-refractivity contribution in [3.63, 3.8) is 0 Å². The van der Waals surface area contributed by atoms with Crippen LogP contribution in [-0.2, 0) is 14.4 Å². The van der Waals surface area contributed by atoms with E-state index in [9.17, 15) is 24.5 Å². The Balaban J connectivity index is 1.74. The summed E-state index contributed by atoms with van der Waals surface area (Å²) in [5.41, 5.74) is 1.60. The van der Waals surface area contributed by atoms with E-state index in [1.165, 1.54) is 36.0 Å². The number of rotatable bonds is 9. The molecule has 3 N–H and O–H groups in total. The van der Waals surface area contributed by atoms with Crippen LogP contribution in [0.3, 0.4) is 0 Å². The summed E-state index contributed by atoms with van der Waals surface area (Å²) >= 11 is 1.29. The fourth-order valence-corrected chi connectivity index (χ4v) is 3.88. The van der Waals surface area contributed by atoms with E-state index >= 15 is 0 Å². The number of carbonyl (C=O) groups excluding carboxylic acids is 2. The minimum absolute atomic E-state index is 0.0717. The van der Waals surface area contributed by atoms with Crippen LogP contribution in [0.4, 0.5) is 17.1 Å². The lowest BCUT2D eigenvalue weighted by atomic mass is 10.1. The van der Waals surface area contributed by atoms with Crippen LogP contribution in [0.2, 0.25) is 0 Å². The van der Waals surface area contributed by atoms with Crippen LogP contribution >= 0.6 is 11.8 Å². The molecule has 172 valence electrons. The summed E-state index contributed by atoms with van der Waals surface area (Å²) in [7, 11) is 0. The molecule has 0 bridgehead atoms. The van der Waals surface area contributed by atoms with Gasteiger partial charge in [-0.05, 0) is 42.0 Å². The van der Waals surface area contributed by atoms with Gasteiger partial charge in [0.2, 0.25) is 11.8 Å². The monoisotopic (exact) mass is 477 g/mol. The minimum Gasteiger partial charge on any atom is -0.478 e. The number of nitro benzene ring substituents is 1. The zero-order chi connectivity index (χ0) is 24.5. The number of nitrogens with one attached hydrogen (secondary N) is 2. The molecule has 2 amide bonds. The number of aliphatic carboxylic acids is 1. The molecule has 34 heavy (non-hydrogen) atoms. The highest BCUT2D eigenvalue weighted by Gasteiger charge is 2.22. The lowest BCUT2D eigenvalue weighted by molar-refractivity contribution is -0.384. The molecule has 9 nitrogen and oxygen atoms in total. The number of hydrogen-bond donors (Lipinski definition) is 3. The number of thioether (sulfide) groups is 1. The van der Waals surface area contributed by atoms with Crippen LogP contribution in [0, 0.1) is 10.1 Å². The third-order valence-electron chi connectivity index (χ3n) is 4.44. The maximum absolute atomic E-state index is 13.1. The molecule has 3 rings (SSSR count). The molecule has 0 fully saturated rings. The van der Waals surface area contributed by atoms with Crippen LogP contribution in [0.1, 0.15) is 10.8 Å². The van der Waals surface area contributed by atoms with E-state index in [0.29, 0.717) is 11.4 Å². The van der Waals surface area contributed by atoms with Gasteiger partial charge in [-0.25, -0.2) is 4.79 Å². The SMILES string of the molecule is O=C(O)/C=C/C(=O)Nc1ccc(SC(C(=O)Nc2ccc([N+](=O)[O-])cc2)c2ccccc2)cc1. The predicted molar refractivity (Wildman–Crippen MR) is 129 cm³/mol. The summed E-state index contributed by atoms with van der Waals surface area (Å²) in [5, 5.41) is 24.2. The largest absolute Gasteiger partial charge is 0.478 e. The fourth-order valence-electron chi connectivity index (χ4n) is 2.86. The smallest absolute Gasteiger partial charge is 0.328 e. The van der Waals surface area contributed by atoms with E-state index in [0.717, 1.165) is 22.6 Å². The molecule has 10 heteroatoms. The summed E-state index contributed by atoms with van der Waals surface area (Å²) in [6, 6.07) is 21.5. The quantitative estimate of drug-likeness (QED) is 0.176. The van der Waals surface area contributed by atoms with E-state index in [-0.39, 0.29) is 11.6 Å². The Morgan fingerprint density at radius 1 is 0.853 bits per heavy atom. The molecule has 1 unspecified atom stereocenters. The highest BCUT2D eigenvalue weighted by molar-refractivity contribution is 8.00. The van der Waals surface area contributed by atoms with Crippen molar-refractivity contribution in [1.82, 2.24) is 0 Å². The Hall–Kier alpha value is -4.44. The molecule has 0 aliphatic rings. The summed E-state index contributed by atoms with van der Waals surface area (Å²) in [6.07, 6.45) is 1.66.